The standard InChI is InChI=1S/C9H4F3NO3S/c10-9(11,12)16-4-1-2-6-5(3-4)13-7(17-6)8(14)15/h1-3H,(H,14,15). The number of carbonyl (C=O) groups is 1. The van der Waals surface area contributed by atoms with E-state index in [1.807, 2.05) is 0 Å². The summed E-state index contributed by atoms with van der Waals surface area (Å²) >= 11 is 0.885. The molecule has 0 atom stereocenters. The van der Waals surface area contributed by atoms with Gasteiger partial charge in [-0.3, -0.25) is 0 Å². The van der Waals surface area contributed by atoms with Crippen molar-refractivity contribution in [2.75, 3.05) is 0 Å². The van der Waals surface area contributed by atoms with Crippen molar-refractivity contribution in [1.82, 2.24) is 4.98 Å². The molecule has 4 nitrogen and oxygen atoms in total. The molecule has 1 aromatic heterocycles. The van der Waals surface area contributed by atoms with Crippen LogP contribution in [0, 0.1) is 0 Å². The fraction of sp³-hybridized carbons (Fsp3) is 0.111. The van der Waals surface area contributed by atoms with Gasteiger partial charge in [0.1, 0.15) is 5.75 Å². The molecule has 8 heteroatoms. The number of carboxylic acids is 1. The number of halogens is 3. The number of fused-ring (bicyclic) bond motifs is 1. The summed E-state index contributed by atoms with van der Waals surface area (Å²) in [5.74, 6) is -1.64. The molecule has 0 unspecified atom stereocenters. The van der Waals surface area contributed by atoms with Gasteiger partial charge in [-0.2, -0.15) is 0 Å². The van der Waals surface area contributed by atoms with E-state index in [0.717, 1.165) is 23.5 Å². The third-order valence-electron chi connectivity index (χ3n) is 1.78. The van der Waals surface area contributed by atoms with E-state index in [1.165, 1.54) is 6.07 Å². The Morgan fingerprint density at radius 2 is 2.12 bits per heavy atom. The first-order valence-electron chi connectivity index (χ1n) is 4.25. The Morgan fingerprint density at radius 1 is 1.41 bits per heavy atom. The van der Waals surface area contributed by atoms with E-state index >= 15 is 0 Å². The van der Waals surface area contributed by atoms with Crippen molar-refractivity contribution in [3.63, 3.8) is 0 Å². The van der Waals surface area contributed by atoms with Gasteiger partial charge < -0.3 is 9.84 Å². The smallest absolute Gasteiger partial charge is 0.476 e. The van der Waals surface area contributed by atoms with E-state index in [2.05, 4.69) is 9.72 Å². The molecule has 90 valence electrons. The lowest BCUT2D eigenvalue weighted by atomic mass is 10.3. The van der Waals surface area contributed by atoms with Gasteiger partial charge in [0.25, 0.3) is 0 Å². The second-order valence-corrected chi connectivity index (χ2v) is 4.03. The Morgan fingerprint density at radius 3 is 2.71 bits per heavy atom. The molecule has 17 heavy (non-hydrogen) atoms. The number of alkyl halides is 3. The number of rotatable bonds is 2. The highest BCUT2D eigenvalue weighted by atomic mass is 32.1. The van der Waals surface area contributed by atoms with E-state index in [-0.39, 0.29) is 10.5 Å². The lowest BCUT2D eigenvalue weighted by Crippen LogP contribution is -2.16. The molecule has 0 bridgehead atoms. The van der Waals surface area contributed by atoms with Gasteiger partial charge in [0, 0.05) is 6.07 Å². The number of ether oxygens (including phenoxy) is 1. The van der Waals surface area contributed by atoms with Crippen LogP contribution in [0.1, 0.15) is 9.80 Å². The van der Waals surface area contributed by atoms with Gasteiger partial charge in [0.15, 0.2) is 0 Å². The van der Waals surface area contributed by atoms with Crippen molar-refractivity contribution in [3.8, 4) is 5.75 Å². The molecule has 2 rings (SSSR count). The van der Waals surface area contributed by atoms with Crippen molar-refractivity contribution in [1.29, 1.82) is 0 Å². The minimum atomic E-state index is -4.78. The van der Waals surface area contributed by atoms with Crippen molar-refractivity contribution in [2.45, 2.75) is 6.36 Å². The first-order chi connectivity index (χ1) is 7.85. The van der Waals surface area contributed by atoms with E-state index in [0.29, 0.717) is 4.70 Å². The average molecular weight is 263 g/mol. The molecular formula is C9H4F3NO3S. The molecule has 2 aromatic rings. The zero-order valence-electron chi connectivity index (χ0n) is 7.99. The van der Waals surface area contributed by atoms with Gasteiger partial charge in [-0.15, -0.1) is 24.5 Å². The van der Waals surface area contributed by atoms with Crippen molar-refractivity contribution < 1.29 is 27.8 Å². The first-order valence-corrected chi connectivity index (χ1v) is 5.06. The second kappa shape index (κ2) is 3.88. The van der Waals surface area contributed by atoms with Crippen LogP contribution in [-0.4, -0.2) is 22.4 Å². The highest BCUT2D eigenvalue weighted by Crippen LogP contribution is 2.29. The molecule has 0 radical (unpaired) electrons. The number of carboxylic acid groups (broad SMARTS) is 1. The first kappa shape index (κ1) is 11.6. The lowest BCUT2D eigenvalue weighted by molar-refractivity contribution is -0.274. The molecule has 1 N–H and O–H groups in total. The number of nitrogens with zero attached hydrogens (tertiary/aromatic N) is 1. The summed E-state index contributed by atoms with van der Waals surface area (Å²) in [6.45, 7) is 0. The van der Waals surface area contributed by atoms with Crippen molar-refractivity contribution in [3.05, 3.63) is 23.2 Å². The Bertz CT molecular complexity index is 578. The molecule has 0 saturated carbocycles. The summed E-state index contributed by atoms with van der Waals surface area (Å²) < 4.78 is 40.0. The van der Waals surface area contributed by atoms with Gasteiger partial charge in [0.2, 0.25) is 5.01 Å². The van der Waals surface area contributed by atoms with Crippen LogP contribution in [0.5, 0.6) is 5.75 Å². The summed E-state index contributed by atoms with van der Waals surface area (Å²) in [6, 6.07) is 3.49. The van der Waals surface area contributed by atoms with Crippen LogP contribution >= 0.6 is 11.3 Å². The van der Waals surface area contributed by atoms with Gasteiger partial charge >= 0.3 is 12.3 Å². The molecule has 0 amide bonds. The van der Waals surface area contributed by atoms with Crippen LogP contribution in [0.2, 0.25) is 0 Å². The number of thiazole rings is 1. The fourth-order valence-electron chi connectivity index (χ4n) is 1.20. The molecule has 1 aromatic carbocycles. The number of aromatic nitrogens is 1. The SMILES string of the molecule is O=C(O)c1nc2cc(OC(F)(F)F)ccc2s1. The summed E-state index contributed by atoms with van der Waals surface area (Å²) in [5, 5.41) is 8.50. The van der Waals surface area contributed by atoms with Crippen LogP contribution in [0.3, 0.4) is 0 Å². The minimum Gasteiger partial charge on any atom is -0.476 e. The molecule has 0 spiro atoms. The van der Waals surface area contributed by atoms with Gasteiger partial charge in [-0.05, 0) is 12.1 Å². The third-order valence-corrected chi connectivity index (χ3v) is 2.80. The quantitative estimate of drug-likeness (QED) is 0.905. The van der Waals surface area contributed by atoms with Gasteiger partial charge in [0.05, 0.1) is 10.2 Å². The molecule has 0 fully saturated rings. The largest absolute Gasteiger partial charge is 0.573 e. The maximum atomic E-state index is 11.9. The zero-order chi connectivity index (χ0) is 12.6. The molecule has 0 aliphatic heterocycles. The summed E-state index contributed by atoms with van der Waals surface area (Å²) in [4.78, 5) is 14.3. The molecule has 0 saturated heterocycles. The van der Waals surface area contributed by atoms with Crippen molar-refractivity contribution in [2.24, 2.45) is 0 Å². The average Bonchev–Trinajstić information content (AvgIpc) is 2.57. The van der Waals surface area contributed by atoms with E-state index in [9.17, 15) is 18.0 Å². The Kier molecular flexibility index (Phi) is 2.66. The number of aromatic carboxylic acids is 1. The molecule has 1 heterocycles. The van der Waals surface area contributed by atoms with Crippen molar-refractivity contribution >= 4 is 27.5 Å². The van der Waals surface area contributed by atoms with Crippen LogP contribution in [0.15, 0.2) is 18.2 Å². The molecule has 0 aliphatic rings. The van der Waals surface area contributed by atoms with Gasteiger partial charge in [-0.1, -0.05) is 0 Å². The van der Waals surface area contributed by atoms with E-state index in [1.54, 1.807) is 0 Å². The Labute approximate surface area is 96.3 Å². The Hall–Kier alpha value is -1.83. The number of hydrogen-bond acceptors (Lipinski definition) is 4. The van der Waals surface area contributed by atoms with E-state index < -0.39 is 18.1 Å². The lowest BCUT2D eigenvalue weighted by Gasteiger charge is -2.07. The molecular weight excluding hydrogens is 259 g/mol. The highest BCUT2D eigenvalue weighted by Gasteiger charge is 2.31. The van der Waals surface area contributed by atoms with E-state index in [4.69, 9.17) is 5.11 Å². The summed E-state index contributed by atoms with van der Waals surface area (Å²) in [6.07, 6.45) is -4.78. The predicted octanol–water partition coefficient (Wildman–Crippen LogP) is 2.89. The summed E-state index contributed by atoms with van der Waals surface area (Å²) in [5.41, 5.74) is 0.161. The third kappa shape index (κ3) is 2.64. The summed E-state index contributed by atoms with van der Waals surface area (Å²) in [7, 11) is 0. The minimum absolute atomic E-state index is 0.161. The highest BCUT2D eigenvalue weighted by molar-refractivity contribution is 7.20. The maximum absolute atomic E-state index is 11.9. The topological polar surface area (TPSA) is 59.4 Å². The fourth-order valence-corrected chi connectivity index (χ4v) is 1.98. The second-order valence-electron chi connectivity index (χ2n) is 3.00. The predicted molar refractivity (Wildman–Crippen MR) is 53.3 cm³/mol. The monoisotopic (exact) mass is 263 g/mol. The number of benzene rings is 1. The number of hydrogen-bond donors (Lipinski definition) is 1. The van der Waals surface area contributed by atoms with Crippen LogP contribution in [0.25, 0.3) is 10.2 Å². The Balaban J connectivity index is 2.40. The normalized spacial score (nSPS) is 11.7. The maximum Gasteiger partial charge on any atom is 0.573 e. The van der Waals surface area contributed by atoms with Crippen LogP contribution in [0.4, 0.5) is 13.2 Å². The zero-order valence-corrected chi connectivity index (χ0v) is 8.80. The molecule has 0 aliphatic carbocycles. The van der Waals surface area contributed by atoms with Crippen LogP contribution < -0.4 is 4.74 Å². The van der Waals surface area contributed by atoms with Crippen LogP contribution in [-0.2, 0) is 0 Å². The van der Waals surface area contributed by atoms with Gasteiger partial charge in [-0.25, -0.2) is 9.78 Å².